The van der Waals surface area contributed by atoms with Crippen molar-refractivity contribution < 1.29 is 19.1 Å². The Labute approximate surface area is 136 Å². The Morgan fingerprint density at radius 1 is 1.00 bits per heavy atom. The Morgan fingerprint density at radius 2 is 1.57 bits per heavy atom. The van der Waals surface area contributed by atoms with Gasteiger partial charge in [-0.05, 0) is 34.0 Å². The average molecular weight is 331 g/mol. The molecule has 0 amide bonds. The molecule has 1 fully saturated rings. The van der Waals surface area contributed by atoms with Gasteiger partial charge >= 0.3 is 11.9 Å². The maximum atomic E-state index is 12.3. The Morgan fingerprint density at radius 3 is 1.96 bits per heavy atom. The van der Waals surface area contributed by atoms with Crippen LogP contribution in [0.3, 0.4) is 0 Å². The van der Waals surface area contributed by atoms with E-state index >= 15 is 0 Å². The van der Waals surface area contributed by atoms with Crippen LogP contribution in [0.2, 0.25) is 0 Å². The highest BCUT2D eigenvalue weighted by molar-refractivity contribution is 5.82. The Bertz CT molecular complexity index is 456. The molecule has 23 heavy (non-hydrogen) atoms. The van der Waals surface area contributed by atoms with Crippen molar-refractivity contribution in [2.75, 3.05) is 35.4 Å². The summed E-state index contributed by atoms with van der Waals surface area (Å²) in [4.78, 5) is 24.3. The minimum Gasteiger partial charge on any atom is -0.468 e. The quantitative estimate of drug-likeness (QED) is 0.267. The third kappa shape index (κ3) is 3.48. The second kappa shape index (κ2) is 7.10. The van der Waals surface area contributed by atoms with Crippen molar-refractivity contribution in [3.05, 3.63) is 0 Å². The van der Waals surface area contributed by atoms with E-state index in [0.717, 1.165) is 0 Å². The summed E-state index contributed by atoms with van der Waals surface area (Å²) in [6.07, 6.45) is 0.858. The molecule has 9 nitrogen and oxygen atoms in total. The molecule has 1 rings (SSSR count). The molecule has 0 aromatic rings. The zero-order chi connectivity index (χ0) is 17.9. The van der Waals surface area contributed by atoms with Crippen molar-refractivity contribution >= 4 is 11.9 Å². The van der Waals surface area contributed by atoms with E-state index in [0.29, 0.717) is 6.42 Å². The summed E-state index contributed by atoms with van der Waals surface area (Å²) in [5.74, 6) is -1.13. The molecular weight excluding hydrogens is 302 g/mol. The normalized spacial score (nSPS) is 31.3. The monoisotopic (exact) mass is 331 g/mol. The molecule has 0 heterocycles. The molecule has 0 saturated heterocycles. The number of nitrogens with one attached hydrogen (secondary N) is 3. The van der Waals surface area contributed by atoms with Crippen molar-refractivity contribution in [3.8, 4) is 0 Å². The van der Waals surface area contributed by atoms with Gasteiger partial charge in [-0.1, -0.05) is 0 Å². The average Bonchev–Trinajstić information content (AvgIpc) is 2.58. The maximum Gasteiger partial charge on any atom is 0.326 e. The molecule has 0 bridgehead atoms. The van der Waals surface area contributed by atoms with Crippen LogP contribution in [0.5, 0.6) is 0 Å². The van der Waals surface area contributed by atoms with Crippen molar-refractivity contribution in [2.24, 2.45) is 11.5 Å². The van der Waals surface area contributed by atoms with E-state index in [1.54, 1.807) is 21.1 Å². The number of nitrogens with two attached hydrogens (primary N) is 2. The van der Waals surface area contributed by atoms with Gasteiger partial charge in [0.05, 0.1) is 19.9 Å². The fourth-order valence-electron chi connectivity index (χ4n) is 3.56. The van der Waals surface area contributed by atoms with Crippen LogP contribution in [0, 0.1) is 0 Å². The molecule has 0 aromatic heterocycles. The number of esters is 2. The largest absolute Gasteiger partial charge is 0.468 e. The zero-order valence-electron chi connectivity index (χ0n) is 14.5. The van der Waals surface area contributed by atoms with Gasteiger partial charge in [-0.25, -0.2) is 0 Å². The fraction of sp³-hybridized carbons (Fsp3) is 0.857. The summed E-state index contributed by atoms with van der Waals surface area (Å²) in [5.41, 5.74) is 9.55. The van der Waals surface area contributed by atoms with Crippen LogP contribution in [0.1, 0.15) is 19.3 Å². The molecule has 1 saturated carbocycles. The molecular formula is C14H29N5O4. The van der Waals surface area contributed by atoms with Gasteiger partial charge in [0.1, 0.15) is 11.6 Å². The molecule has 0 aliphatic heterocycles. The van der Waals surface area contributed by atoms with E-state index in [2.05, 4.69) is 16.0 Å². The fourth-order valence-corrected chi connectivity index (χ4v) is 3.56. The van der Waals surface area contributed by atoms with E-state index in [-0.39, 0.29) is 12.8 Å². The molecule has 0 aromatic carbocycles. The van der Waals surface area contributed by atoms with Gasteiger partial charge in [0, 0.05) is 12.0 Å². The highest BCUT2D eigenvalue weighted by atomic mass is 16.5. The van der Waals surface area contributed by atoms with Gasteiger partial charge in [-0.15, -0.1) is 0 Å². The van der Waals surface area contributed by atoms with E-state index in [4.69, 9.17) is 20.9 Å². The topological polar surface area (TPSA) is 141 Å². The summed E-state index contributed by atoms with van der Waals surface area (Å²) in [5, 5.41) is 9.41. The minimum absolute atomic E-state index is 0.143. The highest BCUT2D eigenvalue weighted by Gasteiger charge is 2.59. The lowest BCUT2D eigenvalue weighted by Crippen LogP contribution is -2.77. The molecule has 0 radical (unpaired) electrons. The first-order valence-corrected chi connectivity index (χ1v) is 7.45. The van der Waals surface area contributed by atoms with Gasteiger partial charge in [0.25, 0.3) is 0 Å². The molecule has 7 N–H and O–H groups in total. The minimum atomic E-state index is -1.31. The number of carbonyl (C=O) groups is 2. The highest BCUT2D eigenvalue weighted by Crippen LogP contribution is 2.41. The molecule has 1 aliphatic carbocycles. The Hall–Kier alpha value is -1.26. The zero-order valence-corrected chi connectivity index (χ0v) is 14.5. The third-order valence-corrected chi connectivity index (χ3v) is 4.96. The number of methoxy groups -OCH3 is 2. The van der Waals surface area contributed by atoms with Gasteiger partial charge in [-0.3, -0.25) is 9.59 Å². The first-order valence-electron chi connectivity index (χ1n) is 7.45. The number of rotatable bonds is 6. The number of hydrogen-bond donors (Lipinski definition) is 5. The lowest BCUT2D eigenvalue weighted by atomic mass is 9.63. The van der Waals surface area contributed by atoms with Crippen molar-refractivity contribution in [1.29, 1.82) is 0 Å². The summed E-state index contributed by atoms with van der Waals surface area (Å²) < 4.78 is 9.66. The predicted octanol–water partition coefficient (Wildman–Crippen LogP) is -2.37. The second-order valence-electron chi connectivity index (χ2n) is 6.17. The summed E-state index contributed by atoms with van der Waals surface area (Å²) >= 11 is 0. The van der Waals surface area contributed by atoms with Crippen LogP contribution >= 0.6 is 0 Å². The third-order valence-electron chi connectivity index (χ3n) is 4.96. The van der Waals surface area contributed by atoms with Crippen molar-refractivity contribution in [1.82, 2.24) is 16.0 Å². The first kappa shape index (κ1) is 19.8. The van der Waals surface area contributed by atoms with Crippen LogP contribution in [0.4, 0.5) is 0 Å². The Balaban J connectivity index is 3.39. The number of ether oxygens (including phenoxy) is 2. The number of likely N-dealkylation sites (N-methyl/N-ethyl adjacent to an activating group) is 1. The summed E-state index contributed by atoms with van der Waals surface area (Å²) in [7, 11) is 7.75. The Kier molecular flexibility index (Phi) is 6.11. The van der Waals surface area contributed by atoms with Crippen LogP contribution in [0.15, 0.2) is 0 Å². The van der Waals surface area contributed by atoms with Crippen LogP contribution in [-0.4, -0.2) is 70.1 Å². The van der Waals surface area contributed by atoms with Gasteiger partial charge in [0.15, 0.2) is 0 Å². The molecule has 3 unspecified atom stereocenters. The van der Waals surface area contributed by atoms with Gasteiger partial charge in [0.2, 0.25) is 0 Å². The molecule has 1 aliphatic rings. The van der Waals surface area contributed by atoms with Crippen LogP contribution in [0.25, 0.3) is 0 Å². The second-order valence-corrected chi connectivity index (χ2v) is 6.17. The molecule has 0 spiro atoms. The number of carbonyl (C=O) groups excluding carboxylic acids is 2. The lowest BCUT2D eigenvalue weighted by molar-refractivity contribution is -0.155. The molecule has 134 valence electrons. The van der Waals surface area contributed by atoms with Crippen molar-refractivity contribution in [3.63, 3.8) is 0 Å². The standard InChI is InChI=1S/C14H29N5O4/c1-17-13(9(15)10(20)22-4)6-12(16,11(21)23-5)7-14(8-13,18-2)19-3/h9,17-19H,6-8,15-16H2,1-5H3. The van der Waals surface area contributed by atoms with Gasteiger partial charge < -0.3 is 36.9 Å². The van der Waals surface area contributed by atoms with E-state index in [1.807, 2.05) is 0 Å². The van der Waals surface area contributed by atoms with Crippen LogP contribution < -0.4 is 27.4 Å². The van der Waals surface area contributed by atoms with E-state index in [1.165, 1.54) is 14.2 Å². The SMILES string of the molecule is CNC1(NC)CC(N)(C(=O)OC)CC(NC)(C(N)C(=O)OC)C1. The number of hydrogen-bond acceptors (Lipinski definition) is 9. The lowest BCUT2D eigenvalue weighted by Gasteiger charge is -2.54. The van der Waals surface area contributed by atoms with E-state index in [9.17, 15) is 9.59 Å². The first-order chi connectivity index (χ1) is 10.7. The van der Waals surface area contributed by atoms with Crippen LogP contribution in [-0.2, 0) is 19.1 Å². The maximum absolute atomic E-state index is 12.3. The van der Waals surface area contributed by atoms with E-state index < -0.39 is 34.7 Å². The predicted molar refractivity (Wildman–Crippen MR) is 85.4 cm³/mol. The van der Waals surface area contributed by atoms with Gasteiger partial charge in [-0.2, -0.15) is 0 Å². The summed E-state index contributed by atoms with van der Waals surface area (Å²) in [6.45, 7) is 0. The molecule has 3 atom stereocenters. The molecule has 9 heteroatoms. The smallest absolute Gasteiger partial charge is 0.326 e. The van der Waals surface area contributed by atoms with Crippen molar-refractivity contribution in [2.45, 2.75) is 42.0 Å². The summed E-state index contributed by atoms with van der Waals surface area (Å²) in [6, 6.07) is -0.994.